The largest absolute Gasteiger partial charge is 0.365 e. The minimum atomic E-state index is -0.177. The Balaban J connectivity index is 1.25. The summed E-state index contributed by atoms with van der Waals surface area (Å²) in [4.78, 5) is 38.0. The number of imide groups is 1. The van der Waals surface area contributed by atoms with Crippen LogP contribution in [0.2, 0.25) is 0 Å². The van der Waals surface area contributed by atoms with E-state index >= 15 is 0 Å². The number of likely N-dealkylation sites (N-methyl/N-ethyl adjacent to an activating group) is 1. The lowest BCUT2D eigenvalue weighted by atomic mass is 10.1. The number of amides is 2. The average Bonchev–Trinajstić information content (AvgIpc) is 2.87. The normalized spacial score (nSPS) is 17.8. The quantitative estimate of drug-likeness (QED) is 0.540. The average molecular weight is 408 g/mol. The number of unbranched alkanes of at least 4 members (excludes halogenated alkanes) is 1. The van der Waals surface area contributed by atoms with Gasteiger partial charge in [0, 0.05) is 51.7 Å². The van der Waals surface area contributed by atoms with Gasteiger partial charge in [0.1, 0.15) is 5.82 Å². The summed E-state index contributed by atoms with van der Waals surface area (Å²) >= 11 is 0. The van der Waals surface area contributed by atoms with Gasteiger partial charge in [-0.2, -0.15) is 0 Å². The molecule has 4 rings (SSSR count). The fraction of sp³-hybridized carbons (Fsp3) is 0.435. The molecule has 30 heavy (non-hydrogen) atoms. The van der Waals surface area contributed by atoms with Crippen molar-refractivity contribution in [3.05, 3.63) is 54.2 Å². The molecule has 7 heteroatoms. The minimum absolute atomic E-state index is 0.123. The summed E-state index contributed by atoms with van der Waals surface area (Å²) in [6, 6.07) is 13.5. The van der Waals surface area contributed by atoms with Crippen LogP contribution < -0.4 is 9.80 Å². The van der Waals surface area contributed by atoms with Gasteiger partial charge in [-0.3, -0.25) is 19.4 Å². The van der Waals surface area contributed by atoms with Gasteiger partial charge in [0.25, 0.3) is 5.91 Å². The molecule has 158 valence electrons. The van der Waals surface area contributed by atoms with E-state index in [2.05, 4.69) is 20.9 Å². The number of benzene rings is 1. The molecule has 0 spiro atoms. The van der Waals surface area contributed by atoms with Crippen LogP contribution in [0.25, 0.3) is 0 Å². The van der Waals surface area contributed by atoms with Crippen molar-refractivity contribution in [2.24, 2.45) is 0 Å². The lowest BCUT2D eigenvalue weighted by Gasteiger charge is -2.35. The van der Waals surface area contributed by atoms with Crippen molar-refractivity contribution in [2.75, 3.05) is 62.7 Å². The Labute approximate surface area is 177 Å². The highest BCUT2D eigenvalue weighted by atomic mass is 16.2. The second-order valence-electron chi connectivity index (χ2n) is 7.95. The van der Waals surface area contributed by atoms with Crippen LogP contribution in [-0.4, -0.2) is 79.5 Å². The first kappa shape index (κ1) is 20.3. The number of carbonyl (C=O) groups excluding carboxylic acids is 2. The number of hydrogen-bond donors (Lipinski definition) is 0. The highest BCUT2D eigenvalue weighted by molar-refractivity contribution is 6.10. The number of carbonyl (C=O) groups is 2. The zero-order valence-electron chi connectivity index (χ0n) is 17.5. The maximum atomic E-state index is 12.9. The first-order valence-electron chi connectivity index (χ1n) is 10.7. The summed E-state index contributed by atoms with van der Waals surface area (Å²) in [6.45, 7) is 5.67. The SMILES string of the molecule is CN1CC(=O)N(CCCCN2CCN(c3ccccn3)CC2)C(=O)c2ccccc21. The molecule has 3 heterocycles. The molecule has 7 nitrogen and oxygen atoms in total. The Morgan fingerprint density at radius 2 is 1.63 bits per heavy atom. The van der Waals surface area contributed by atoms with E-state index in [0.29, 0.717) is 12.1 Å². The Hall–Kier alpha value is -2.93. The van der Waals surface area contributed by atoms with Gasteiger partial charge in [0.15, 0.2) is 0 Å². The summed E-state index contributed by atoms with van der Waals surface area (Å²) in [5, 5.41) is 0. The van der Waals surface area contributed by atoms with E-state index in [4.69, 9.17) is 0 Å². The number of fused-ring (bicyclic) bond motifs is 1. The van der Waals surface area contributed by atoms with Gasteiger partial charge in [0.05, 0.1) is 12.1 Å². The summed E-state index contributed by atoms with van der Waals surface area (Å²) in [7, 11) is 1.86. The number of para-hydroxylation sites is 1. The van der Waals surface area contributed by atoms with Gasteiger partial charge in [-0.1, -0.05) is 18.2 Å². The third kappa shape index (κ3) is 4.46. The van der Waals surface area contributed by atoms with Crippen LogP contribution in [0.5, 0.6) is 0 Å². The van der Waals surface area contributed by atoms with Gasteiger partial charge in [-0.25, -0.2) is 4.98 Å². The predicted octanol–water partition coefficient (Wildman–Crippen LogP) is 2.10. The van der Waals surface area contributed by atoms with Crippen LogP contribution in [0.15, 0.2) is 48.7 Å². The number of nitrogens with zero attached hydrogens (tertiary/aromatic N) is 5. The van der Waals surface area contributed by atoms with Gasteiger partial charge in [0.2, 0.25) is 5.91 Å². The Morgan fingerprint density at radius 1 is 0.900 bits per heavy atom. The van der Waals surface area contributed by atoms with Crippen molar-refractivity contribution in [1.82, 2.24) is 14.8 Å². The van der Waals surface area contributed by atoms with Crippen LogP contribution in [0.3, 0.4) is 0 Å². The van der Waals surface area contributed by atoms with Crippen molar-refractivity contribution in [2.45, 2.75) is 12.8 Å². The Kier molecular flexibility index (Phi) is 6.28. The van der Waals surface area contributed by atoms with Gasteiger partial charge >= 0.3 is 0 Å². The van der Waals surface area contributed by atoms with Crippen LogP contribution in [0.1, 0.15) is 23.2 Å². The van der Waals surface area contributed by atoms with Crippen LogP contribution >= 0.6 is 0 Å². The minimum Gasteiger partial charge on any atom is -0.365 e. The van der Waals surface area contributed by atoms with Crippen LogP contribution in [0.4, 0.5) is 11.5 Å². The fourth-order valence-electron chi connectivity index (χ4n) is 4.19. The maximum Gasteiger partial charge on any atom is 0.262 e. The fourth-order valence-corrected chi connectivity index (χ4v) is 4.19. The smallest absolute Gasteiger partial charge is 0.262 e. The molecule has 2 aromatic rings. The molecule has 1 saturated heterocycles. The van der Waals surface area contributed by atoms with Crippen molar-refractivity contribution >= 4 is 23.3 Å². The summed E-state index contributed by atoms with van der Waals surface area (Å²) < 4.78 is 0. The van der Waals surface area contributed by atoms with E-state index in [9.17, 15) is 9.59 Å². The summed E-state index contributed by atoms with van der Waals surface area (Å²) in [5.74, 6) is 0.743. The lowest BCUT2D eigenvalue weighted by Crippen LogP contribution is -2.47. The number of rotatable bonds is 6. The molecule has 0 bridgehead atoms. The number of anilines is 2. The maximum absolute atomic E-state index is 12.9. The summed E-state index contributed by atoms with van der Waals surface area (Å²) in [5.41, 5.74) is 1.43. The van der Waals surface area contributed by atoms with Crippen molar-refractivity contribution in [3.63, 3.8) is 0 Å². The molecule has 1 aromatic heterocycles. The third-order valence-corrected chi connectivity index (χ3v) is 5.92. The monoisotopic (exact) mass is 407 g/mol. The summed E-state index contributed by atoms with van der Waals surface area (Å²) in [6.07, 6.45) is 3.63. The molecule has 0 radical (unpaired) electrons. The van der Waals surface area contributed by atoms with E-state index in [0.717, 1.165) is 57.1 Å². The molecule has 1 fully saturated rings. The Morgan fingerprint density at radius 3 is 2.40 bits per heavy atom. The Bertz CT molecular complexity index is 880. The van der Waals surface area contributed by atoms with E-state index in [1.165, 1.54) is 4.90 Å². The topological polar surface area (TPSA) is 60.0 Å². The van der Waals surface area contributed by atoms with Gasteiger partial charge < -0.3 is 9.80 Å². The van der Waals surface area contributed by atoms with Crippen LogP contribution in [-0.2, 0) is 4.79 Å². The first-order valence-corrected chi connectivity index (χ1v) is 10.7. The van der Waals surface area contributed by atoms with Crippen molar-refractivity contribution in [3.8, 4) is 0 Å². The highest BCUT2D eigenvalue weighted by Gasteiger charge is 2.30. The number of pyridine rings is 1. The molecule has 0 atom stereocenters. The molecule has 0 unspecified atom stereocenters. The molecular formula is C23H29N5O2. The number of hydrogen-bond acceptors (Lipinski definition) is 6. The predicted molar refractivity (Wildman–Crippen MR) is 118 cm³/mol. The molecule has 0 aliphatic carbocycles. The first-order chi connectivity index (χ1) is 14.6. The standard InChI is InChI=1S/C23H29N5O2/c1-25-18-22(29)28(23(30)19-8-2-3-9-20(19)25)13-7-6-12-26-14-16-27(17-15-26)21-10-4-5-11-24-21/h2-5,8-11H,6-7,12-18H2,1H3. The molecule has 2 amide bonds. The number of aromatic nitrogens is 1. The molecule has 2 aliphatic rings. The van der Waals surface area contributed by atoms with Gasteiger partial charge in [-0.15, -0.1) is 0 Å². The van der Waals surface area contributed by atoms with Gasteiger partial charge in [-0.05, 0) is 43.7 Å². The van der Waals surface area contributed by atoms with E-state index in [1.54, 1.807) is 6.07 Å². The third-order valence-electron chi connectivity index (χ3n) is 5.92. The highest BCUT2D eigenvalue weighted by Crippen LogP contribution is 2.24. The number of piperazine rings is 1. The van der Waals surface area contributed by atoms with E-state index in [-0.39, 0.29) is 18.4 Å². The molecule has 2 aliphatic heterocycles. The van der Waals surface area contributed by atoms with Crippen molar-refractivity contribution < 1.29 is 9.59 Å². The van der Waals surface area contributed by atoms with Crippen LogP contribution in [0, 0.1) is 0 Å². The molecule has 1 aromatic carbocycles. The lowest BCUT2D eigenvalue weighted by molar-refractivity contribution is -0.127. The zero-order valence-corrected chi connectivity index (χ0v) is 17.5. The van der Waals surface area contributed by atoms with Crippen molar-refractivity contribution in [1.29, 1.82) is 0 Å². The van der Waals surface area contributed by atoms with E-state index in [1.807, 2.05) is 48.5 Å². The molecular weight excluding hydrogens is 378 g/mol. The second kappa shape index (κ2) is 9.26. The second-order valence-corrected chi connectivity index (χ2v) is 7.95. The van der Waals surface area contributed by atoms with E-state index < -0.39 is 0 Å². The molecule has 0 N–H and O–H groups in total. The molecule has 0 saturated carbocycles. The zero-order chi connectivity index (χ0) is 20.9.